The number of rotatable bonds is 5. The number of amides is 1. The van der Waals surface area contributed by atoms with Crippen LogP contribution in [0.2, 0.25) is 0 Å². The van der Waals surface area contributed by atoms with E-state index in [-0.39, 0.29) is 35.2 Å². The van der Waals surface area contributed by atoms with Crippen LogP contribution in [0.1, 0.15) is 11.1 Å². The molecule has 0 unspecified atom stereocenters. The summed E-state index contributed by atoms with van der Waals surface area (Å²) in [5.41, 5.74) is 3.63. The van der Waals surface area contributed by atoms with Crippen LogP contribution in [-0.4, -0.2) is 55.9 Å². The van der Waals surface area contributed by atoms with Gasteiger partial charge in [0.15, 0.2) is 15.0 Å². The minimum absolute atomic E-state index is 0.0298. The van der Waals surface area contributed by atoms with Gasteiger partial charge in [-0.15, -0.1) is 0 Å². The SMILES string of the molecule is COc1ccccc1N1C(SCC(=O)Nc2cc(C)ccc2C)=N[C@@H]2CS(=O)(=O)C[C@H]21. The van der Waals surface area contributed by atoms with Crippen LogP contribution >= 0.6 is 11.8 Å². The number of hydrogen-bond donors (Lipinski definition) is 1. The Kier molecular flexibility index (Phi) is 5.98. The maximum absolute atomic E-state index is 12.6. The fourth-order valence-corrected chi connectivity index (χ4v) is 6.69. The zero-order chi connectivity index (χ0) is 22.2. The van der Waals surface area contributed by atoms with Crippen molar-refractivity contribution < 1.29 is 17.9 Å². The number of methoxy groups -OCH3 is 1. The van der Waals surface area contributed by atoms with E-state index in [0.29, 0.717) is 10.9 Å². The summed E-state index contributed by atoms with van der Waals surface area (Å²) >= 11 is 1.31. The first kappa shape index (κ1) is 21.7. The molecular formula is C22H25N3O4S2. The van der Waals surface area contributed by atoms with Gasteiger partial charge in [-0.2, -0.15) is 0 Å². The molecule has 31 heavy (non-hydrogen) atoms. The van der Waals surface area contributed by atoms with Gasteiger partial charge in [0.25, 0.3) is 0 Å². The second kappa shape index (κ2) is 8.55. The number of aryl methyl sites for hydroxylation is 2. The van der Waals surface area contributed by atoms with E-state index < -0.39 is 9.84 Å². The molecule has 0 aliphatic carbocycles. The number of nitrogens with zero attached hydrogens (tertiary/aromatic N) is 2. The number of ether oxygens (including phenoxy) is 1. The molecule has 2 aromatic carbocycles. The van der Waals surface area contributed by atoms with Gasteiger partial charge in [0.2, 0.25) is 5.91 Å². The number of carbonyl (C=O) groups is 1. The number of fused-ring (bicyclic) bond motifs is 1. The van der Waals surface area contributed by atoms with Gasteiger partial charge in [0, 0.05) is 5.69 Å². The third kappa shape index (κ3) is 4.57. The molecule has 2 atom stereocenters. The molecule has 0 aromatic heterocycles. The van der Waals surface area contributed by atoms with Crippen molar-refractivity contribution in [3.05, 3.63) is 53.6 Å². The van der Waals surface area contributed by atoms with Crippen molar-refractivity contribution in [2.24, 2.45) is 4.99 Å². The van der Waals surface area contributed by atoms with Crippen molar-refractivity contribution in [2.45, 2.75) is 25.9 Å². The number of benzene rings is 2. The molecule has 0 bridgehead atoms. The Balaban J connectivity index is 1.54. The van der Waals surface area contributed by atoms with Gasteiger partial charge in [-0.05, 0) is 43.2 Å². The molecule has 2 aliphatic heterocycles. The smallest absolute Gasteiger partial charge is 0.234 e. The monoisotopic (exact) mass is 459 g/mol. The Bertz CT molecular complexity index is 1150. The van der Waals surface area contributed by atoms with E-state index in [1.165, 1.54) is 11.8 Å². The average Bonchev–Trinajstić information content (AvgIpc) is 3.20. The van der Waals surface area contributed by atoms with Gasteiger partial charge in [0.05, 0.1) is 42.1 Å². The largest absolute Gasteiger partial charge is 0.495 e. The van der Waals surface area contributed by atoms with Crippen LogP contribution in [0.5, 0.6) is 5.75 Å². The quantitative estimate of drug-likeness (QED) is 0.740. The molecule has 0 spiro atoms. The van der Waals surface area contributed by atoms with Gasteiger partial charge in [0.1, 0.15) is 5.75 Å². The second-order valence-electron chi connectivity index (χ2n) is 7.82. The molecule has 1 fully saturated rings. The summed E-state index contributed by atoms with van der Waals surface area (Å²) in [6.07, 6.45) is 0. The summed E-state index contributed by atoms with van der Waals surface area (Å²) < 4.78 is 29.9. The molecular weight excluding hydrogens is 434 g/mol. The van der Waals surface area contributed by atoms with Crippen molar-refractivity contribution in [1.82, 2.24) is 0 Å². The summed E-state index contributed by atoms with van der Waals surface area (Å²) in [7, 11) is -1.57. The lowest BCUT2D eigenvalue weighted by Crippen LogP contribution is -2.39. The standard InChI is InChI=1S/C22H25N3O4S2/c1-14-8-9-15(2)16(10-14)23-21(26)11-30-22-24-17-12-31(27,28)13-19(17)25(22)18-6-4-5-7-20(18)29-3/h4-10,17,19H,11-13H2,1-3H3,(H,23,26)/t17-,19-/m1/s1. The molecule has 164 valence electrons. The first-order valence-corrected chi connectivity index (χ1v) is 12.8. The van der Waals surface area contributed by atoms with Crippen LogP contribution in [0.3, 0.4) is 0 Å². The third-order valence-corrected chi connectivity index (χ3v) is 8.12. The highest BCUT2D eigenvalue weighted by molar-refractivity contribution is 8.14. The minimum Gasteiger partial charge on any atom is -0.495 e. The molecule has 9 heteroatoms. The van der Waals surface area contributed by atoms with Crippen molar-refractivity contribution in [1.29, 1.82) is 0 Å². The van der Waals surface area contributed by atoms with Crippen molar-refractivity contribution in [3.8, 4) is 5.75 Å². The number of carbonyl (C=O) groups excluding carboxylic acids is 1. The lowest BCUT2D eigenvalue weighted by atomic mass is 10.1. The number of aliphatic imine (C=N–C) groups is 1. The van der Waals surface area contributed by atoms with E-state index in [4.69, 9.17) is 4.74 Å². The Morgan fingerprint density at radius 2 is 2.00 bits per heavy atom. The maximum Gasteiger partial charge on any atom is 0.234 e. The van der Waals surface area contributed by atoms with E-state index >= 15 is 0 Å². The van der Waals surface area contributed by atoms with Gasteiger partial charge >= 0.3 is 0 Å². The van der Waals surface area contributed by atoms with E-state index in [0.717, 1.165) is 22.5 Å². The normalized spacial score (nSPS) is 21.5. The van der Waals surface area contributed by atoms with E-state index in [1.54, 1.807) is 7.11 Å². The summed E-state index contributed by atoms with van der Waals surface area (Å²) in [5, 5.41) is 3.61. The van der Waals surface area contributed by atoms with Crippen LogP contribution in [-0.2, 0) is 14.6 Å². The van der Waals surface area contributed by atoms with Crippen LogP contribution in [0.25, 0.3) is 0 Å². The molecule has 2 aliphatic rings. The number of amidine groups is 1. The van der Waals surface area contributed by atoms with Crippen molar-refractivity contribution in [2.75, 3.05) is 34.6 Å². The lowest BCUT2D eigenvalue weighted by Gasteiger charge is -2.27. The van der Waals surface area contributed by atoms with Crippen molar-refractivity contribution in [3.63, 3.8) is 0 Å². The molecule has 0 radical (unpaired) electrons. The van der Waals surface area contributed by atoms with Gasteiger partial charge in [-0.25, -0.2) is 8.42 Å². The number of nitrogens with one attached hydrogen (secondary N) is 1. The maximum atomic E-state index is 12.6. The van der Waals surface area contributed by atoms with Crippen LogP contribution in [0.4, 0.5) is 11.4 Å². The zero-order valence-electron chi connectivity index (χ0n) is 17.7. The molecule has 0 saturated carbocycles. The Labute approximate surface area is 186 Å². The highest BCUT2D eigenvalue weighted by atomic mass is 32.2. The first-order chi connectivity index (χ1) is 14.8. The van der Waals surface area contributed by atoms with Gasteiger partial charge < -0.3 is 15.0 Å². The van der Waals surface area contributed by atoms with Crippen LogP contribution in [0, 0.1) is 13.8 Å². The van der Waals surface area contributed by atoms with Crippen molar-refractivity contribution >= 4 is 44.0 Å². The number of para-hydroxylation sites is 2. The Morgan fingerprint density at radius 1 is 1.23 bits per heavy atom. The number of sulfone groups is 1. The lowest BCUT2D eigenvalue weighted by molar-refractivity contribution is -0.113. The molecule has 1 N–H and O–H groups in total. The summed E-state index contributed by atoms with van der Waals surface area (Å²) in [5.74, 6) is 0.746. The summed E-state index contributed by atoms with van der Waals surface area (Å²) in [6, 6.07) is 12.8. The molecule has 1 amide bonds. The minimum atomic E-state index is -3.15. The first-order valence-electron chi connectivity index (χ1n) is 9.98. The number of hydrogen-bond acceptors (Lipinski definition) is 7. The van der Waals surface area contributed by atoms with E-state index in [9.17, 15) is 13.2 Å². The molecule has 7 nitrogen and oxygen atoms in total. The molecule has 2 aromatic rings. The Hall–Kier alpha value is -2.52. The van der Waals surface area contributed by atoms with Crippen LogP contribution in [0.15, 0.2) is 47.5 Å². The number of anilines is 2. The predicted molar refractivity (Wildman–Crippen MR) is 126 cm³/mol. The Morgan fingerprint density at radius 3 is 2.77 bits per heavy atom. The fourth-order valence-electron chi connectivity index (χ4n) is 3.93. The van der Waals surface area contributed by atoms with Gasteiger partial charge in [-0.3, -0.25) is 9.79 Å². The van der Waals surface area contributed by atoms with E-state index in [2.05, 4.69) is 10.3 Å². The van der Waals surface area contributed by atoms with Gasteiger partial charge in [-0.1, -0.05) is 36.0 Å². The topological polar surface area (TPSA) is 88.1 Å². The molecule has 4 rings (SSSR count). The predicted octanol–water partition coefficient (Wildman–Crippen LogP) is 3.03. The van der Waals surface area contributed by atoms with Crippen LogP contribution < -0.4 is 15.0 Å². The molecule has 2 heterocycles. The summed E-state index contributed by atoms with van der Waals surface area (Å²) in [6.45, 7) is 3.93. The molecule has 1 saturated heterocycles. The highest BCUT2D eigenvalue weighted by Crippen LogP contribution is 2.39. The summed E-state index contributed by atoms with van der Waals surface area (Å²) in [4.78, 5) is 19.2. The number of thioether (sulfide) groups is 1. The van der Waals surface area contributed by atoms with E-state index in [1.807, 2.05) is 61.2 Å². The zero-order valence-corrected chi connectivity index (χ0v) is 19.3. The third-order valence-electron chi connectivity index (χ3n) is 5.45. The second-order valence-corrected chi connectivity index (χ2v) is 10.9. The highest BCUT2D eigenvalue weighted by Gasteiger charge is 2.47. The average molecular weight is 460 g/mol. The fraction of sp³-hybridized carbons (Fsp3) is 0.364.